The van der Waals surface area contributed by atoms with Gasteiger partial charge >= 0.3 is 0 Å². The molecule has 0 aliphatic heterocycles. The Kier molecular flexibility index (Phi) is 7.18. The minimum absolute atomic E-state index is 0.276. The van der Waals surface area contributed by atoms with Crippen LogP contribution in [-0.4, -0.2) is 19.1 Å². The molecule has 0 spiro atoms. The number of aromatic nitrogens is 4. The molecule has 0 saturated heterocycles. The van der Waals surface area contributed by atoms with Crippen LogP contribution in [0.2, 0.25) is 0 Å². The number of hydrogen-bond donors (Lipinski definition) is 0. The fourth-order valence-corrected chi connectivity index (χ4v) is 8.79. The van der Waals surface area contributed by atoms with Gasteiger partial charge in [-0.3, -0.25) is 0 Å². The molecular weight excluding hydrogens is 657 g/mol. The van der Waals surface area contributed by atoms with Crippen LogP contribution in [-0.2, 0) is 5.41 Å². The van der Waals surface area contributed by atoms with Crippen LogP contribution >= 0.6 is 0 Å². The van der Waals surface area contributed by atoms with Gasteiger partial charge in [-0.2, -0.15) is 0 Å². The third kappa shape index (κ3) is 4.56. The van der Waals surface area contributed by atoms with Crippen molar-refractivity contribution in [2.75, 3.05) is 0 Å². The summed E-state index contributed by atoms with van der Waals surface area (Å²) in [6.45, 7) is 11.0. The van der Waals surface area contributed by atoms with E-state index < -0.39 is 0 Å². The first-order valence-electron chi connectivity index (χ1n) is 18.6. The van der Waals surface area contributed by atoms with E-state index in [2.05, 4.69) is 188 Å². The smallest absolute Gasteiger partial charge is 0.160 e. The molecule has 6 aromatic carbocycles. The second-order valence-electron chi connectivity index (χ2n) is 14.6. The highest BCUT2D eigenvalue weighted by Gasteiger charge is 2.39. The third-order valence-corrected chi connectivity index (χ3v) is 11.2. The summed E-state index contributed by atoms with van der Waals surface area (Å²) in [6, 6.07) is 51.8. The van der Waals surface area contributed by atoms with Gasteiger partial charge in [-0.05, 0) is 60.5 Å². The lowest BCUT2D eigenvalue weighted by molar-refractivity contribution is 0.636. The number of nitrogens with zero attached hydrogens (tertiary/aromatic N) is 4. The van der Waals surface area contributed by atoms with Gasteiger partial charge in [0.2, 0.25) is 0 Å². The van der Waals surface area contributed by atoms with Crippen LogP contribution in [0, 0.1) is 0 Å². The molecule has 4 heteroatoms. The molecule has 0 radical (unpaired) electrons. The molecule has 10 rings (SSSR count). The van der Waals surface area contributed by atoms with Gasteiger partial charge in [-0.1, -0.05) is 142 Å². The van der Waals surface area contributed by atoms with Crippen molar-refractivity contribution in [1.29, 1.82) is 0 Å². The Labute approximate surface area is 315 Å². The molecule has 0 saturated carbocycles. The molecule has 3 aromatic heterocycles. The first-order valence-corrected chi connectivity index (χ1v) is 18.6. The van der Waals surface area contributed by atoms with Gasteiger partial charge in [-0.15, -0.1) is 0 Å². The number of allylic oxidation sites excluding steroid dienone is 1. The van der Waals surface area contributed by atoms with Crippen LogP contribution in [0.4, 0.5) is 0 Å². The summed E-state index contributed by atoms with van der Waals surface area (Å²) < 4.78 is 4.80. The number of fused-ring (bicyclic) bond motifs is 8. The van der Waals surface area contributed by atoms with Gasteiger partial charge in [0.05, 0.1) is 33.6 Å². The summed E-state index contributed by atoms with van der Waals surface area (Å²) in [6.07, 6.45) is 6.35. The molecule has 0 amide bonds. The van der Waals surface area contributed by atoms with Crippen LogP contribution in [0.15, 0.2) is 158 Å². The van der Waals surface area contributed by atoms with Crippen molar-refractivity contribution in [3.05, 3.63) is 181 Å². The van der Waals surface area contributed by atoms with E-state index in [0.29, 0.717) is 0 Å². The second-order valence-corrected chi connectivity index (χ2v) is 14.6. The Hall–Kier alpha value is -6.78. The molecule has 4 nitrogen and oxygen atoms in total. The average molecular weight is 695 g/mol. The van der Waals surface area contributed by atoms with E-state index in [1.165, 1.54) is 38.3 Å². The van der Waals surface area contributed by atoms with Gasteiger partial charge in [0.15, 0.2) is 5.82 Å². The molecule has 54 heavy (non-hydrogen) atoms. The minimum Gasteiger partial charge on any atom is -0.309 e. The fourth-order valence-electron chi connectivity index (χ4n) is 8.79. The van der Waals surface area contributed by atoms with Gasteiger partial charge in [-0.25, -0.2) is 9.97 Å². The Morgan fingerprint density at radius 2 is 1.33 bits per heavy atom. The predicted octanol–water partition coefficient (Wildman–Crippen LogP) is 12.8. The molecule has 3 heterocycles. The van der Waals surface area contributed by atoms with E-state index in [4.69, 9.17) is 9.97 Å². The third-order valence-electron chi connectivity index (χ3n) is 11.2. The highest BCUT2D eigenvalue weighted by molar-refractivity contribution is 6.21. The van der Waals surface area contributed by atoms with E-state index in [0.717, 1.165) is 62.1 Å². The molecule has 1 aliphatic carbocycles. The molecule has 0 N–H and O–H groups in total. The van der Waals surface area contributed by atoms with Crippen molar-refractivity contribution >= 4 is 44.9 Å². The van der Waals surface area contributed by atoms with Crippen molar-refractivity contribution < 1.29 is 0 Å². The molecule has 0 bridgehead atoms. The average Bonchev–Trinajstić information content (AvgIpc) is 3.81. The van der Waals surface area contributed by atoms with Crippen LogP contribution in [0.5, 0.6) is 0 Å². The molecule has 258 valence electrons. The molecule has 0 fully saturated rings. The van der Waals surface area contributed by atoms with E-state index in [9.17, 15) is 0 Å². The number of benzene rings is 6. The van der Waals surface area contributed by atoms with E-state index >= 15 is 0 Å². The maximum Gasteiger partial charge on any atom is 0.160 e. The number of para-hydroxylation sites is 2. The molecule has 0 unspecified atom stereocenters. The van der Waals surface area contributed by atoms with Crippen molar-refractivity contribution in [2.45, 2.75) is 26.2 Å². The molecular formula is C50H38N4. The largest absolute Gasteiger partial charge is 0.309 e. The second kappa shape index (κ2) is 12.1. The van der Waals surface area contributed by atoms with Crippen LogP contribution in [0.1, 0.15) is 43.3 Å². The van der Waals surface area contributed by atoms with Crippen molar-refractivity contribution in [3.8, 4) is 45.1 Å². The molecule has 0 atom stereocenters. The van der Waals surface area contributed by atoms with E-state index in [1.807, 2.05) is 12.1 Å². The van der Waals surface area contributed by atoms with Gasteiger partial charge < -0.3 is 9.13 Å². The molecule has 1 aliphatic rings. The maximum atomic E-state index is 5.38. The lowest BCUT2D eigenvalue weighted by Crippen LogP contribution is -2.17. The zero-order valence-corrected chi connectivity index (χ0v) is 30.6. The summed E-state index contributed by atoms with van der Waals surface area (Å²) in [5.41, 5.74) is 15.2. The van der Waals surface area contributed by atoms with E-state index in [-0.39, 0.29) is 5.41 Å². The first-order chi connectivity index (χ1) is 26.5. The summed E-state index contributed by atoms with van der Waals surface area (Å²) >= 11 is 0. The Morgan fingerprint density at radius 3 is 2.13 bits per heavy atom. The van der Waals surface area contributed by atoms with Crippen molar-refractivity contribution in [3.63, 3.8) is 0 Å². The zero-order valence-electron chi connectivity index (χ0n) is 30.6. The van der Waals surface area contributed by atoms with Gasteiger partial charge in [0.1, 0.15) is 0 Å². The SMILES string of the molecule is C=Cc1c(/C=C\C)n(-c2cccc(-c3nc(-c4ccccc4)nc4c3-c3ccccc3C4(C)C)c2)c2ccc3c4ccccc4n(-c4ccccc4)c3c12. The Bertz CT molecular complexity index is 2980. The van der Waals surface area contributed by atoms with Crippen molar-refractivity contribution in [2.24, 2.45) is 0 Å². The Balaban J connectivity index is 1.28. The van der Waals surface area contributed by atoms with Crippen molar-refractivity contribution in [1.82, 2.24) is 19.1 Å². The summed E-state index contributed by atoms with van der Waals surface area (Å²) in [5, 5.41) is 3.62. The normalized spacial score (nSPS) is 13.2. The lowest BCUT2D eigenvalue weighted by Gasteiger charge is -2.21. The van der Waals surface area contributed by atoms with Crippen LogP contribution in [0.25, 0.3) is 90.0 Å². The first kappa shape index (κ1) is 31.9. The van der Waals surface area contributed by atoms with Crippen LogP contribution in [0.3, 0.4) is 0 Å². The highest BCUT2D eigenvalue weighted by Crippen LogP contribution is 2.51. The zero-order chi connectivity index (χ0) is 36.6. The minimum atomic E-state index is -0.276. The highest BCUT2D eigenvalue weighted by atomic mass is 15.0. The van der Waals surface area contributed by atoms with E-state index in [1.54, 1.807) is 0 Å². The Morgan fingerprint density at radius 1 is 0.630 bits per heavy atom. The maximum absolute atomic E-state index is 5.38. The standard InChI is InChI=1S/C50H38N4/c1-5-18-41-36(6-2)44-43(30-29-38-37-25-14-16-28-42(37)54(47(38)44)34-22-11-8-12-23-34)53(41)35-24-17-21-33(31-35)46-45-39-26-13-15-27-40(39)50(3,4)48(45)52-49(51-46)32-19-9-7-10-20-32/h5-31H,2H2,1,3-4H3/b18-5-. The molecule has 9 aromatic rings. The summed E-state index contributed by atoms with van der Waals surface area (Å²) in [5.74, 6) is 0.738. The number of hydrogen-bond acceptors (Lipinski definition) is 2. The number of rotatable bonds is 6. The topological polar surface area (TPSA) is 35.6 Å². The summed E-state index contributed by atoms with van der Waals surface area (Å²) in [4.78, 5) is 10.7. The lowest BCUT2D eigenvalue weighted by atomic mass is 9.85. The quantitative estimate of drug-likeness (QED) is 0.174. The van der Waals surface area contributed by atoms with Gasteiger partial charge in [0, 0.05) is 55.2 Å². The van der Waals surface area contributed by atoms with Gasteiger partial charge in [0.25, 0.3) is 0 Å². The fraction of sp³-hybridized carbons (Fsp3) is 0.0800. The predicted molar refractivity (Wildman–Crippen MR) is 226 cm³/mol. The van der Waals surface area contributed by atoms with Crippen LogP contribution < -0.4 is 0 Å². The summed E-state index contributed by atoms with van der Waals surface area (Å²) in [7, 11) is 0. The monoisotopic (exact) mass is 694 g/mol.